The van der Waals surface area contributed by atoms with Gasteiger partial charge in [-0.25, -0.2) is 0 Å². The molecule has 0 aromatic carbocycles. The lowest BCUT2D eigenvalue weighted by atomic mass is 10.5. The Kier molecular flexibility index (Phi) is 3.75. The normalized spacial score (nSPS) is 41.2. The quantitative estimate of drug-likeness (QED) is 0.586. The molecule has 1 nitrogen and oxygen atoms in total. The van der Waals surface area contributed by atoms with Crippen LogP contribution in [0.3, 0.4) is 0 Å². The third-order valence-electron chi connectivity index (χ3n) is 2.36. The summed E-state index contributed by atoms with van der Waals surface area (Å²) in [6.45, 7) is 4.49. The summed E-state index contributed by atoms with van der Waals surface area (Å²) in [7, 11) is -1.09. The van der Waals surface area contributed by atoms with Gasteiger partial charge in [-0.05, 0) is 31.8 Å². The molecule has 1 heterocycles. The van der Waals surface area contributed by atoms with E-state index in [1.165, 1.54) is 25.2 Å². The molecular weight excluding hydrogens is 174 g/mol. The van der Waals surface area contributed by atoms with Crippen LogP contribution in [0.4, 0.5) is 0 Å². The second-order valence-corrected chi connectivity index (χ2v) is 9.98. The third kappa shape index (κ3) is 3.83. The van der Waals surface area contributed by atoms with Crippen molar-refractivity contribution in [2.45, 2.75) is 12.8 Å². The minimum absolute atomic E-state index is 0.330. The van der Waals surface area contributed by atoms with Crippen molar-refractivity contribution in [1.82, 2.24) is 0 Å². The standard InChI is InChI=1S/C8H19OP2/c1-10-5-3-7-11(2,9)8-4-6-10/h9H,3-8H2,1-2H3/q+1. The van der Waals surface area contributed by atoms with E-state index in [0.717, 1.165) is 12.3 Å². The summed E-state index contributed by atoms with van der Waals surface area (Å²) < 4.78 is 0. The minimum atomic E-state index is -1.42. The monoisotopic (exact) mass is 193 g/mol. The average Bonchev–Trinajstić information content (AvgIpc) is 1.83. The van der Waals surface area contributed by atoms with E-state index < -0.39 is 7.49 Å². The molecule has 1 fully saturated rings. The maximum Gasteiger partial charge on any atom is 0.139 e. The van der Waals surface area contributed by atoms with Gasteiger partial charge in [0.25, 0.3) is 0 Å². The van der Waals surface area contributed by atoms with E-state index in [4.69, 9.17) is 0 Å². The predicted molar refractivity (Wildman–Crippen MR) is 56.6 cm³/mol. The Morgan fingerprint density at radius 3 is 2.09 bits per heavy atom. The Morgan fingerprint density at radius 1 is 1.18 bits per heavy atom. The molecule has 0 amide bonds. The maximum atomic E-state index is 9.88. The molecule has 0 bridgehead atoms. The Bertz CT molecular complexity index is 113. The summed E-state index contributed by atoms with van der Waals surface area (Å²) in [6.07, 6.45) is 7.60. The zero-order chi connectivity index (χ0) is 8.32. The Labute approximate surface area is 71.8 Å². The first-order valence-corrected chi connectivity index (χ1v) is 9.08. The zero-order valence-electron chi connectivity index (χ0n) is 7.58. The van der Waals surface area contributed by atoms with E-state index in [9.17, 15) is 4.89 Å². The minimum Gasteiger partial charge on any atom is -0.252 e. The van der Waals surface area contributed by atoms with Gasteiger partial charge in [-0.15, -0.1) is 7.92 Å². The number of hydrogen-bond donors (Lipinski definition) is 1. The number of hydrogen-bond acceptors (Lipinski definition) is 1. The molecule has 1 aliphatic heterocycles. The van der Waals surface area contributed by atoms with Crippen LogP contribution in [0.1, 0.15) is 12.8 Å². The highest BCUT2D eigenvalue weighted by Gasteiger charge is 2.29. The van der Waals surface area contributed by atoms with Crippen LogP contribution in [-0.2, 0) is 0 Å². The summed E-state index contributed by atoms with van der Waals surface area (Å²) >= 11 is 0. The molecule has 0 atom stereocenters. The SMILES string of the molecule is CP1CCC[P+](C)(O)CCC1. The molecule has 0 spiro atoms. The topological polar surface area (TPSA) is 20.2 Å². The first-order valence-electron chi connectivity index (χ1n) is 4.36. The molecule has 0 aromatic rings. The maximum absolute atomic E-state index is 9.88. The van der Waals surface area contributed by atoms with Crippen molar-refractivity contribution >= 4 is 15.4 Å². The van der Waals surface area contributed by atoms with E-state index in [0.29, 0.717) is 7.92 Å². The van der Waals surface area contributed by atoms with E-state index in [2.05, 4.69) is 13.3 Å². The van der Waals surface area contributed by atoms with Crippen LogP contribution >= 0.6 is 15.4 Å². The first kappa shape index (κ1) is 9.90. The van der Waals surface area contributed by atoms with Gasteiger partial charge in [-0.3, -0.25) is 4.89 Å². The molecule has 1 rings (SSSR count). The van der Waals surface area contributed by atoms with Crippen LogP contribution in [0.25, 0.3) is 0 Å². The smallest absolute Gasteiger partial charge is 0.139 e. The van der Waals surface area contributed by atoms with Crippen molar-refractivity contribution < 1.29 is 4.89 Å². The molecule has 0 unspecified atom stereocenters. The van der Waals surface area contributed by atoms with Gasteiger partial charge in [0.05, 0.1) is 19.0 Å². The zero-order valence-corrected chi connectivity index (χ0v) is 9.37. The molecule has 11 heavy (non-hydrogen) atoms. The molecule has 0 aromatic heterocycles. The van der Waals surface area contributed by atoms with Crippen LogP contribution in [0.2, 0.25) is 0 Å². The van der Waals surface area contributed by atoms with Crippen LogP contribution < -0.4 is 0 Å². The molecule has 0 saturated carbocycles. The largest absolute Gasteiger partial charge is 0.252 e. The molecule has 0 radical (unpaired) electrons. The van der Waals surface area contributed by atoms with Gasteiger partial charge >= 0.3 is 0 Å². The second-order valence-electron chi connectivity index (χ2n) is 3.80. The number of rotatable bonds is 0. The molecule has 0 aliphatic carbocycles. The summed E-state index contributed by atoms with van der Waals surface area (Å²) in [4.78, 5) is 9.88. The average molecular weight is 193 g/mol. The fourth-order valence-corrected chi connectivity index (χ4v) is 5.61. The molecule has 1 aliphatic rings. The van der Waals surface area contributed by atoms with Crippen LogP contribution in [0.15, 0.2) is 0 Å². The van der Waals surface area contributed by atoms with Gasteiger partial charge in [0.1, 0.15) is 7.49 Å². The van der Waals surface area contributed by atoms with E-state index in [1.54, 1.807) is 0 Å². The van der Waals surface area contributed by atoms with Gasteiger partial charge in [-0.2, -0.15) is 0 Å². The molecular formula is C8H19OP2+. The van der Waals surface area contributed by atoms with E-state index >= 15 is 0 Å². The predicted octanol–water partition coefficient (Wildman–Crippen LogP) is 2.45. The lowest BCUT2D eigenvalue weighted by Crippen LogP contribution is -2.08. The van der Waals surface area contributed by atoms with Gasteiger partial charge in [0.15, 0.2) is 0 Å². The van der Waals surface area contributed by atoms with Crippen LogP contribution in [0.5, 0.6) is 0 Å². The van der Waals surface area contributed by atoms with Crippen molar-refractivity contribution in [3.8, 4) is 0 Å². The summed E-state index contributed by atoms with van der Waals surface area (Å²) in [5.74, 6) is 0. The first-order chi connectivity index (χ1) is 5.10. The van der Waals surface area contributed by atoms with Gasteiger partial charge in [0, 0.05) is 0 Å². The van der Waals surface area contributed by atoms with Crippen molar-refractivity contribution in [2.75, 3.05) is 38.0 Å². The Hall–Kier alpha value is 0.820. The molecule has 66 valence electrons. The van der Waals surface area contributed by atoms with Crippen molar-refractivity contribution in [2.24, 2.45) is 0 Å². The third-order valence-corrected chi connectivity index (χ3v) is 7.08. The Balaban J connectivity index is 2.35. The van der Waals surface area contributed by atoms with Crippen molar-refractivity contribution in [3.05, 3.63) is 0 Å². The van der Waals surface area contributed by atoms with Gasteiger partial charge in [0.2, 0.25) is 0 Å². The highest BCUT2D eigenvalue weighted by molar-refractivity contribution is 7.69. The lowest BCUT2D eigenvalue weighted by Gasteiger charge is -2.21. The Morgan fingerprint density at radius 2 is 1.64 bits per heavy atom. The molecule has 3 heteroatoms. The van der Waals surface area contributed by atoms with E-state index in [1.807, 2.05) is 0 Å². The highest BCUT2D eigenvalue weighted by atomic mass is 31.2. The fraction of sp³-hybridized carbons (Fsp3) is 1.00. The van der Waals surface area contributed by atoms with Gasteiger partial charge in [-0.1, -0.05) is 0 Å². The molecule has 1 saturated heterocycles. The van der Waals surface area contributed by atoms with Crippen molar-refractivity contribution in [3.63, 3.8) is 0 Å². The summed E-state index contributed by atoms with van der Waals surface area (Å²) in [6, 6.07) is 0. The second kappa shape index (κ2) is 4.17. The van der Waals surface area contributed by atoms with Crippen molar-refractivity contribution in [1.29, 1.82) is 0 Å². The van der Waals surface area contributed by atoms with Crippen LogP contribution in [-0.4, -0.2) is 42.9 Å². The highest BCUT2D eigenvalue weighted by Crippen LogP contribution is 2.54. The summed E-state index contributed by atoms with van der Waals surface area (Å²) in [5.41, 5.74) is 0. The van der Waals surface area contributed by atoms with Crippen LogP contribution in [0, 0.1) is 0 Å². The van der Waals surface area contributed by atoms with Gasteiger partial charge < -0.3 is 0 Å². The van der Waals surface area contributed by atoms with E-state index in [-0.39, 0.29) is 0 Å². The fourth-order valence-electron chi connectivity index (χ4n) is 1.59. The lowest BCUT2D eigenvalue weighted by molar-refractivity contribution is 0.599. The molecule has 1 N–H and O–H groups in total. The summed E-state index contributed by atoms with van der Waals surface area (Å²) in [5, 5.41) is 0.